The normalized spacial score (nSPS) is 15.3. The zero-order valence-electron chi connectivity index (χ0n) is 15.5. The summed E-state index contributed by atoms with van der Waals surface area (Å²) in [6.45, 7) is -0.232. The Morgan fingerprint density at radius 1 is 1.00 bits per heavy atom. The van der Waals surface area contributed by atoms with Gasteiger partial charge in [-0.15, -0.1) is 0 Å². The average molecular weight is 487 g/mol. The maximum atomic E-state index is 13.3. The number of carbonyl (C=O) groups excluding carboxylic acids is 1. The largest absolute Gasteiger partial charge is 0.454 e. The number of hydrogen-bond donors (Lipinski definition) is 1. The van der Waals surface area contributed by atoms with E-state index in [0.717, 1.165) is 14.3 Å². The Balaban J connectivity index is 1.49. The zero-order valence-corrected chi connectivity index (χ0v) is 17.9. The molecule has 0 atom stereocenters. The summed E-state index contributed by atoms with van der Waals surface area (Å²) < 4.78 is 39.1. The fourth-order valence-electron chi connectivity index (χ4n) is 3.58. The SMILES string of the molecule is O=C(CN1c2ccc(Br)cc2-c2ccccc2S1(=O)=O)Nc1ccc2c(c1)OCO2. The number of ether oxygens (including phenoxy) is 2. The van der Waals surface area contributed by atoms with Crippen LogP contribution in [0.25, 0.3) is 11.1 Å². The van der Waals surface area contributed by atoms with E-state index in [4.69, 9.17) is 9.47 Å². The summed E-state index contributed by atoms with van der Waals surface area (Å²) in [6, 6.07) is 17.1. The van der Waals surface area contributed by atoms with Crippen molar-refractivity contribution in [2.75, 3.05) is 23.0 Å². The van der Waals surface area contributed by atoms with E-state index in [1.807, 2.05) is 6.07 Å². The van der Waals surface area contributed by atoms with Crippen molar-refractivity contribution in [3.8, 4) is 22.6 Å². The summed E-state index contributed by atoms with van der Waals surface area (Å²) in [5, 5.41) is 2.73. The van der Waals surface area contributed by atoms with Crippen molar-refractivity contribution >= 4 is 43.2 Å². The second-order valence-corrected chi connectivity index (χ2v) is 9.53. The molecule has 0 fully saturated rings. The fourth-order valence-corrected chi connectivity index (χ4v) is 5.59. The molecule has 30 heavy (non-hydrogen) atoms. The molecule has 1 amide bonds. The fraction of sp³-hybridized carbons (Fsp3) is 0.0952. The van der Waals surface area contributed by atoms with Gasteiger partial charge in [-0.05, 0) is 36.4 Å². The first-order valence-corrected chi connectivity index (χ1v) is 11.3. The third-order valence-electron chi connectivity index (χ3n) is 4.92. The Labute approximate surface area is 181 Å². The highest BCUT2D eigenvalue weighted by Crippen LogP contribution is 2.44. The van der Waals surface area contributed by atoms with Crippen molar-refractivity contribution in [1.82, 2.24) is 0 Å². The van der Waals surface area contributed by atoms with E-state index in [-0.39, 0.29) is 18.2 Å². The molecule has 3 aromatic carbocycles. The van der Waals surface area contributed by atoms with Gasteiger partial charge in [0.2, 0.25) is 12.7 Å². The van der Waals surface area contributed by atoms with Gasteiger partial charge in [-0.25, -0.2) is 8.42 Å². The minimum Gasteiger partial charge on any atom is -0.454 e. The second kappa shape index (κ2) is 7.03. The number of anilines is 2. The molecule has 3 aromatic rings. The Hall–Kier alpha value is -3.04. The third-order valence-corrected chi connectivity index (χ3v) is 7.23. The van der Waals surface area contributed by atoms with Gasteiger partial charge in [0.05, 0.1) is 10.6 Å². The summed E-state index contributed by atoms with van der Waals surface area (Å²) in [5.41, 5.74) is 2.31. The van der Waals surface area contributed by atoms with Crippen molar-refractivity contribution in [2.24, 2.45) is 0 Å². The van der Waals surface area contributed by atoms with Gasteiger partial charge in [-0.2, -0.15) is 0 Å². The summed E-state index contributed by atoms with van der Waals surface area (Å²) in [7, 11) is -3.89. The first-order valence-electron chi connectivity index (χ1n) is 9.05. The van der Waals surface area contributed by atoms with Crippen LogP contribution >= 0.6 is 15.9 Å². The van der Waals surface area contributed by atoms with Gasteiger partial charge >= 0.3 is 0 Å². The van der Waals surface area contributed by atoms with Crippen LogP contribution in [0.3, 0.4) is 0 Å². The Kier molecular flexibility index (Phi) is 4.44. The molecule has 0 bridgehead atoms. The number of hydrogen-bond acceptors (Lipinski definition) is 5. The van der Waals surface area contributed by atoms with Gasteiger partial charge < -0.3 is 14.8 Å². The lowest BCUT2D eigenvalue weighted by molar-refractivity contribution is -0.114. The molecule has 9 heteroatoms. The van der Waals surface area contributed by atoms with E-state index in [0.29, 0.717) is 28.4 Å². The molecule has 7 nitrogen and oxygen atoms in total. The highest BCUT2D eigenvalue weighted by atomic mass is 79.9. The van der Waals surface area contributed by atoms with Gasteiger partial charge in [-0.3, -0.25) is 9.10 Å². The highest BCUT2D eigenvalue weighted by Gasteiger charge is 2.36. The van der Waals surface area contributed by atoms with E-state index in [9.17, 15) is 13.2 Å². The molecular weight excluding hydrogens is 472 g/mol. The monoisotopic (exact) mass is 486 g/mol. The van der Waals surface area contributed by atoms with E-state index in [2.05, 4.69) is 21.2 Å². The number of sulfonamides is 1. The number of nitrogens with one attached hydrogen (secondary N) is 1. The highest BCUT2D eigenvalue weighted by molar-refractivity contribution is 9.10. The van der Waals surface area contributed by atoms with Gasteiger partial charge in [0.1, 0.15) is 6.54 Å². The molecular formula is C21H15BrN2O5S. The van der Waals surface area contributed by atoms with Crippen LogP contribution < -0.4 is 19.1 Å². The molecule has 2 aliphatic rings. The topological polar surface area (TPSA) is 84.9 Å². The zero-order chi connectivity index (χ0) is 20.9. The van der Waals surface area contributed by atoms with Gasteiger partial charge in [0.15, 0.2) is 11.5 Å². The second-order valence-electron chi connectivity index (χ2n) is 6.79. The van der Waals surface area contributed by atoms with Crippen LogP contribution in [-0.2, 0) is 14.8 Å². The molecule has 0 spiro atoms. The molecule has 2 heterocycles. The van der Waals surface area contributed by atoms with E-state index in [1.54, 1.807) is 54.6 Å². The number of benzene rings is 3. The minimum absolute atomic E-state index is 0.129. The molecule has 2 aliphatic heterocycles. The number of nitrogens with zero attached hydrogens (tertiary/aromatic N) is 1. The maximum absolute atomic E-state index is 13.3. The number of carbonyl (C=O) groups is 1. The Morgan fingerprint density at radius 3 is 2.67 bits per heavy atom. The maximum Gasteiger partial charge on any atom is 0.265 e. The van der Waals surface area contributed by atoms with Crippen LogP contribution in [0.2, 0.25) is 0 Å². The lowest BCUT2D eigenvalue weighted by Gasteiger charge is -2.31. The summed E-state index contributed by atoms with van der Waals surface area (Å²) in [6.07, 6.45) is 0. The molecule has 0 radical (unpaired) electrons. The Bertz CT molecular complexity index is 1290. The van der Waals surface area contributed by atoms with E-state index < -0.39 is 15.9 Å². The lowest BCUT2D eigenvalue weighted by Crippen LogP contribution is -2.40. The van der Waals surface area contributed by atoms with Crippen LogP contribution in [0.1, 0.15) is 0 Å². The summed E-state index contributed by atoms with van der Waals surface area (Å²) in [5.74, 6) is 0.663. The molecule has 0 unspecified atom stereocenters. The molecule has 0 aliphatic carbocycles. The van der Waals surface area contributed by atoms with E-state index >= 15 is 0 Å². The summed E-state index contributed by atoms with van der Waals surface area (Å²) >= 11 is 3.44. The van der Waals surface area contributed by atoms with Crippen LogP contribution in [0, 0.1) is 0 Å². The lowest BCUT2D eigenvalue weighted by atomic mass is 10.0. The van der Waals surface area contributed by atoms with Crippen LogP contribution in [0.15, 0.2) is 70.0 Å². The smallest absolute Gasteiger partial charge is 0.265 e. The Morgan fingerprint density at radius 2 is 1.80 bits per heavy atom. The van der Waals surface area contributed by atoms with Crippen molar-refractivity contribution in [2.45, 2.75) is 4.90 Å². The van der Waals surface area contributed by atoms with Crippen LogP contribution in [-0.4, -0.2) is 27.7 Å². The minimum atomic E-state index is -3.89. The molecule has 1 N–H and O–H groups in total. The quantitative estimate of drug-likeness (QED) is 0.604. The molecule has 0 saturated heterocycles. The van der Waals surface area contributed by atoms with Crippen LogP contribution in [0.4, 0.5) is 11.4 Å². The third kappa shape index (κ3) is 3.10. The van der Waals surface area contributed by atoms with Crippen molar-refractivity contribution in [3.05, 3.63) is 65.1 Å². The van der Waals surface area contributed by atoms with Crippen molar-refractivity contribution in [1.29, 1.82) is 0 Å². The van der Waals surface area contributed by atoms with Gasteiger partial charge in [-0.1, -0.05) is 34.1 Å². The first kappa shape index (κ1) is 19.0. The molecule has 5 rings (SSSR count). The molecule has 0 saturated carbocycles. The van der Waals surface area contributed by atoms with Crippen molar-refractivity contribution in [3.63, 3.8) is 0 Å². The van der Waals surface area contributed by atoms with Crippen molar-refractivity contribution < 1.29 is 22.7 Å². The van der Waals surface area contributed by atoms with E-state index in [1.165, 1.54) is 0 Å². The predicted octanol–water partition coefficient (Wildman–Crippen LogP) is 3.99. The number of amides is 1. The number of fused-ring (bicyclic) bond motifs is 4. The number of halogens is 1. The van der Waals surface area contributed by atoms with Crippen LogP contribution in [0.5, 0.6) is 11.5 Å². The number of rotatable bonds is 3. The first-order chi connectivity index (χ1) is 14.4. The summed E-state index contributed by atoms with van der Waals surface area (Å²) in [4.78, 5) is 12.9. The standard InChI is InChI=1S/C21H15BrN2O5S/c22-13-5-7-17-16(9-13)15-3-1-2-4-20(15)30(26,27)24(17)11-21(25)23-14-6-8-18-19(10-14)29-12-28-18/h1-10H,11-12H2,(H,23,25). The predicted molar refractivity (Wildman–Crippen MR) is 115 cm³/mol. The van der Waals surface area contributed by atoms with Gasteiger partial charge in [0, 0.05) is 27.4 Å². The van der Waals surface area contributed by atoms with Gasteiger partial charge in [0.25, 0.3) is 10.0 Å². The molecule has 152 valence electrons. The molecule has 0 aromatic heterocycles. The average Bonchev–Trinajstić information content (AvgIpc) is 3.19.